The summed E-state index contributed by atoms with van der Waals surface area (Å²) in [7, 11) is 1.83. The Kier molecular flexibility index (Phi) is 9.64. The molecule has 28 heavy (non-hydrogen) atoms. The predicted molar refractivity (Wildman–Crippen MR) is 111 cm³/mol. The van der Waals surface area contributed by atoms with Crippen LogP contribution in [0.2, 0.25) is 5.02 Å². The molecule has 1 N–H and O–H groups in total. The van der Waals surface area contributed by atoms with Crippen molar-refractivity contribution in [1.82, 2.24) is 10.2 Å². The van der Waals surface area contributed by atoms with Crippen LogP contribution < -0.4 is 5.32 Å². The number of nitrogens with one attached hydrogen (secondary N) is 1. The summed E-state index contributed by atoms with van der Waals surface area (Å²) in [5, 5.41) is 3.22. The summed E-state index contributed by atoms with van der Waals surface area (Å²) in [6.45, 7) is -0.0768. The second kappa shape index (κ2) is 12.0. The van der Waals surface area contributed by atoms with Crippen molar-refractivity contribution in [2.45, 2.75) is 44.7 Å². The average molecular weight is 427 g/mol. The van der Waals surface area contributed by atoms with E-state index in [1.165, 1.54) is 31.0 Å². The maximum Gasteiger partial charge on any atom is 0.316 e. The van der Waals surface area contributed by atoms with Gasteiger partial charge in [-0.15, -0.1) is 11.8 Å². The maximum atomic E-state index is 12.2. The van der Waals surface area contributed by atoms with Gasteiger partial charge in [0.15, 0.2) is 6.61 Å². The number of carbonyl (C=O) groups excluding carboxylic acids is 3. The molecule has 0 atom stereocenters. The van der Waals surface area contributed by atoms with Crippen LogP contribution in [0.15, 0.2) is 24.3 Å². The molecule has 0 saturated heterocycles. The number of ether oxygens (including phenoxy) is 1. The number of nitrogens with zero attached hydrogens (tertiary/aromatic N) is 1. The molecule has 8 heteroatoms. The molecule has 1 aliphatic rings. The number of amides is 2. The van der Waals surface area contributed by atoms with Crippen molar-refractivity contribution < 1.29 is 19.1 Å². The van der Waals surface area contributed by atoms with E-state index in [2.05, 4.69) is 5.32 Å². The summed E-state index contributed by atoms with van der Waals surface area (Å²) in [6, 6.07) is 7.51. The lowest BCUT2D eigenvalue weighted by Gasteiger charge is -2.31. The number of thioether (sulfide) groups is 1. The average Bonchev–Trinajstić information content (AvgIpc) is 2.71. The van der Waals surface area contributed by atoms with Gasteiger partial charge in [0.05, 0.1) is 11.5 Å². The van der Waals surface area contributed by atoms with Crippen molar-refractivity contribution in [2.24, 2.45) is 0 Å². The Morgan fingerprint density at radius 3 is 2.61 bits per heavy atom. The maximum absolute atomic E-state index is 12.2. The molecule has 1 aliphatic carbocycles. The van der Waals surface area contributed by atoms with Gasteiger partial charge in [0.2, 0.25) is 5.91 Å². The molecule has 0 radical (unpaired) electrons. The van der Waals surface area contributed by atoms with E-state index in [1.54, 1.807) is 11.0 Å². The first kappa shape index (κ1) is 22.6. The van der Waals surface area contributed by atoms with Gasteiger partial charge in [0, 0.05) is 24.7 Å². The Labute approximate surface area is 175 Å². The largest absolute Gasteiger partial charge is 0.455 e. The number of carbonyl (C=O) groups is 3. The molecule has 1 saturated carbocycles. The highest BCUT2D eigenvalue weighted by Gasteiger charge is 2.22. The summed E-state index contributed by atoms with van der Waals surface area (Å²) in [4.78, 5) is 37.6. The molecule has 0 spiro atoms. The fourth-order valence-corrected chi connectivity index (χ4v) is 4.00. The molecule has 154 valence electrons. The Bertz CT molecular complexity index is 680. The first-order chi connectivity index (χ1) is 13.5. The van der Waals surface area contributed by atoms with E-state index in [1.807, 2.05) is 25.2 Å². The summed E-state index contributed by atoms with van der Waals surface area (Å²) in [5.74, 6) is -0.595. The minimum absolute atomic E-state index is 0.0298. The SMILES string of the molecule is CN(C(=O)CSCC(=O)OCC(=O)NCc1ccccc1Cl)C1CCCCC1. The Morgan fingerprint density at radius 2 is 1.89 bits per heavy atom. The van der Waals surface area contributed by atoms with Crippen LogP contribution in [0.3, 0.4) is 0 Å². The molecule has 0 heterocycles. The summed E-state index contributed by atoms with van der Waals surface area (Å²) >= 11 is 7.23. The van der Waals surface area contributed by atoms with Crippen LogP contribution in [0.25, 0.3) is 0 Å². The van der Waals surface area contributed by atoms with Crippen LogP contribution in [-0.2, 0) is 25.7 Å². The van der Waals surface area contributed by atoms with E-state index in [-0.39, 0.29) is 30.6 Å². The van der Waals surface area contributed by atoms with E-state index in [4.69, 9.17) is 16.3 Å². The lowest BCUT2D eigenvalue weighted by molar-refractivity contribution is -0.145. The minimum atomic E-state index is -0.508. The van der Waals surface area contributed by atoms with Gasteiger partial charge in [-0.25, -0.2) is 0 Å². The van der Waals surface area contributed by atoms with Crippen molar-refractivity contribution in [3.8, 4) is 0 Å². The number of hydrogen-bond donors (Lipinski definition) is 1. The van der Waals surface area contributed by atoms with E-state index >= 15 is 0 Å². The summed E-state index contributed by atoms with van der Waals surface area (Å²) in [5.41, 5.74) is 0.792. The van der Waals surface area contributed by atoms with Gasteiger partial charge >= 0.3 is 5.97 Å². The summed E-state index contributed by atoms with van der Waals surface area (Å²) in [6.07, 6.45) is 5.68. The van der Waals surface area contributed by atoms with Gasteiger partial charge in [-0.3, -0.25) is 14.4 Å². The first-order valence-corrected chi connectivity index (χ1v) is 11.0. The third kappa shape index (κ3) is 7.72. The molecular weight excluding hydrogens is 400 g/mol. The molecular formula is C20H27ClN2O4S. The Morgan fingerprint density at radius 1 is 1.18 bits per heavy atom. The van der Waals surface area contributed by atoms with Crippen molar-refractivity contribution in [2.75, 3.05) is 25.2 Å². The normalized spacial score (nSPS) is 14.4. The van der Waals surface area contributed by atoms with E-state index in [0.717, 1.165) is 18.4 Å². The third-order valence-corrected chi connectivity index (χ3v) is 6.02. The zero-order valence-corrected chi connectivity index (χ0v) is 17.7. The molecule has 1 aromatic rings. The minimum Gasteiger partial charge on any atom is -0.455 e. The van der Waals surface area contributed by atoms with Gasteiger partial charge in [-0.2, -0.15) is 0 Å². The quantitative estimate of drug-likeness (QED) is 0.614. The molecule has 6 nitrogen and oxygen atoms in total. The molecule has 2 amide bonds. The third-order valence-electron chi connectivity index (χ3n) is 4.76. The van der Waals surface area contributed by atoms with Crippen LogP contribution >= 0.6 is 23.4 Å². The second-order valence-corrected chi connectivity index (χ2v) is 8.21. The van der Waals surface area contributed by atoms with Crippen LogP contribution in [0.4, 0.5) is 0 Å². The highest BCUT2D eigenvalue weighted by atomic mass is 35.5. The predicted octanol–water partition coefficient (Wildman–Crippen LogP) is 3.02. The highest BCUT2D eigenvalue weighted by Crippen LogP contribution is 2.22. The number of hydrogen-bond acceptors (Lipinski definition) is 5. The van der Waals surface area contributed by atoms with Crippen LogP contribution in [0.5, 0.6) is 0 Å². The van der Waals surface area contributed by atoms with E-state index in [0.29, 0.717) is 11.1 Å². The Hall–Kier alpha value is -1.73. The van der Waals surface area contributed by atoms with Gasteiger partial charge < -0.3 is 15.0 Å². The number of rotatable bonds is 9. The number of benzene rings is 1. The van der Waals surface area contributed by atoms with E-state index in [9.17, 15) is 14.4 Å². The topological polar surface area (TPSA) is 75.7 Å². The Balaban J connectivity index is 1.58. The molecule has 0 aromatic heterocycles. The molecule has 0 unspecified atom stereocenters. The fourth-order valence-electron chi connectivity index (χ4n) is 3.07. The molecule has 0 bridgehead atoms. The van der Waals surface area contributed by atoms with Crippen molar-refractivity contribution >= 4 is 41.1 Å². The van der Waals surface area contributed by atoms with Crippen LogP contribution in [0.1, 0.15) is 37.7 Å². The zero-order valence-electron chi connectivity index (χ0n) is 16.1. The van der Waals surface area contributed by atoms with Gasteiger partial charge in [0.25, 0.3) is 5.91 Å². The van der Waals surface area contributed by atoms with Crippen molar-refractivity contribution in [3.05, 3.63) is 34.9 Å². The first-order valence-electron chi connectivity index (χ1n) is 9.46. The standard InChI is InChI=1S/C20H27ClN2O4S/c1-23(16-8-3-2-4-9-16)19(25)13-28-14-20(26)27-12-18(24)22-11-15-7-5-6-10-17(15)21/h5-7,10,16H,2-4,8-9,11-14H2,1H3,(H,22,24). The second-order valence-electron chi connectivity index (χ2n) is 6.82. The molecule has 1 fully saturated rings. The van der Waals surface area contributed by atoms with Crippen molar-refractivity contribution in [3.63, 3.8) is 0 Å². The van der Waals surface area contributed by atoms with Crippen LogP contribution in [0, 0.1) is 0 Å². The lowest BCUT2D eigenvalue weighted by Crippen LogP contribution is -2.39. The van der Waals surface area contributed by atoms with Gasteiger partial charge in [0.1, 0.15) is 0 Å². The fraction of sp³-hybridized carbons (Fsp3) is 0.550. The monoisotopic (exact) mass is 426 g/mol. The molecule has 2 rings (SSSR count). The zero-order chi connectivity index (χ0) is 20.4. The smallest absolute Gasteiger partial charge is 0.316 e. The van der Waals surface area contributed by atoms with Crippen LogP contribution in [-0.4, -0.2) is 53.9 Å². The van der Waals surface area contributed by atoms with Gasteiger partial charge in [-0.05, 0) is 24.5 Å². The van der Waals surface area contributed by atoms with Gasteiger partial charge in [-0.1, -0.05) is 49.1 Å². The lowest BCUT2D eigenvalue weighted by atomic mass is 9.94. The summed E-state index contributed by atoms with van der Waals surface area (Å²) < 4.78 is 4.95. The molecule has 0 aliphatic heterocycles. The molecule has 1 aromatic carbocycles. The van der Waals surface area contributed by atoms with Crippen molar-refractivity contribution in [1.29, 1.82) is 0 Å². The highest BCUT2D eigenvalue weighted by molar-refractivity contribution is 8.00. The van der Waals surface area contributed by atoms with E-state index < -0.39 is 11.9 Å². The number of halogens is 1. The number of esters is 1.